The van der Waals surface area contributed by atoms with Crippen molar-refractivity contribution in [2.24, 2.45) is 16.5 Å². The highest BCUT2D eigenvalue weighted by Gasteiger charge is 2.39. The third-order valence-electron chi connectivity index (χ3n) is 6.39. The van der Waals surface area contributed by atoms with Gasteiger partial charge in [0.25, 0.3) is 5.91 Å². The maximum absolute atomic E-state index is 13.9. The van der Waals surface area contributed by atoms with E-state index in [-0.39, 0.29) is 36.0 Å². The number of carbonyl (C=O) groups is 3. The largest absolute Gasteiger partial charge is 0.490 e. The number of halogens is 8. The van der Waals surface area contributed by atoms with Gasteiger partial charge in [-0.05, 0) is 44.0 Å². The smallest absolute Gasteiger partial charge is 0.475 e. The molecule has 12 nitrogen and oxygen atoms in total. The number of hydrogen-bond acceptors (Lipinski definition) is 7. The van der Waals surface area contributed by atoms with E-state index in [1.165, 1.54) is 6.07 Å². The minimum Gasteiger partial charge on any atom is -0.475 e. The summed E-state index contributed by atoms with van der Waals surface area (Å²) in [6.45, 7) is 1.63. The predicted molar refractivity (Wildman–Crippen MR) is 155 cm³/mol. The minimum atomic E-state index is -5.08. The Bertz CT molecular complexity index is 1600. The molecule has 1 aromatic heterocycles. The molecule has 1 fully saturated rings. The van der Waals surface area contributed by atoms with E-state index in [4.69, 9.17) is 31.3 Å². The van der Waals surface area contributed by atoms with Crippen molar-refractivity contribution >= 4 is 40.5 Å². The molecule has 262 valence electrons. The number of aliphatic imine (C=N–C) groups is 1. The first kappa shape index (κ1) is 38.9. The van der Waals surface area contributed by atoms with Crippen LogP contribution in [0.2, 0.25) is 0 Å². The van der Waals surface area contributed by atoms with Gasteiger partial charge in [-0.25, -0.2) is 33.3 Å². The molecule has 1 heterocycles. The van der Waals surface area contributed by atoms with Crippen molar-refractivity contribution in [1.29, 1.82) is 0 Å². The zero-order chi connectivity index (χ0) is 36.4. The van der Waals surface area contributed by atoms with E-state index in [0.717, 1.165) is 48.8 Å². The molecule has 1 aliphatic carbocycles. The number of rotatable bonds is 6. The number of amides is 1. The SMILES string of the molecule is Cc1ccc2nc(C(=O)NCc3c(F)cccc3F)nc(NC3CCCCC3N=C(N)N)c2c1.O=C(O)C(F)(F)F.O=C(O)C(F)(F)F. The van der Waals surface area contributed by atoms with E-state index < -0.39 is 41.8 Å². The number of carboxylic acids is 2. The third kappa shape index (κ3) is 11.8. The number of carbonyl (C=O) groups excluding carboxylic acids is 1. The van der Waals surface area contributed by atoms with Gasteiger partial charge in [0.15, 0.2) is 5.96 Å². The summed E-state index contributed by atoms with van der Waals surface area (Å²) in [6, 6.07) is 8.98. The number of nitrogens with zero attached hydrogens (tertiary/aromatic N) is 3. The number of carboxylic acid groups (broad SMARTS) is 2. The van der Waals surface area contributed by atoms with Crippen molar-refractivity contribution in [1.82, 2.24) is 15.3 Å². The fourth-order valence-corrected chi connectivity index (χ4v) is 4.20. The van der Waals surface area contributed by atoms with E-state index in [1.54, 1.807) is 6.07 Å². The van der Waals surface area contributed by atoms with Gasteiger partial charge in [-0.3, -0.25) is 4.79 Å². The Balaban J connectivity index is 0.000000479. The molecule has 1 saturated carbocycles. The summed E-state index contributed by atoms with van der Waals surface area (Å²) < 4.78 is 91.4. The summed E-state index contributed by atoms with van der Waals surface area (Å²) in [6.07, 6.45) is -6.47. The second-order valence-electron chi connectivity index (χ2n) is 10.1. The van der Waals surface area contributed by atoms with Crippen LogP contribution in [-0.2, 0) is 16.1 Å². The van der Waals surface area contributed by atoms with Crippen LogP contribution in [0.4, 0.5) is 40.9 Å². The lowest BCUT2D eigenvalue weighted by atomic mass is 9.90. The zero-order valence-corrected chi connectivity index (χ0v) is 24.8. The summed E-state index contributed by atoms with van der Waals surface area (Å²) in [4.78, 5) is 43.8. The topological polar surface area (TPSA) is 206 Å². The molecule has 0 spiro atoms. The highest BCUT2D eigenvalue weighted by molar-refractivity contribution is 5.96. The number of hydrogen-bond donors (Lipinski definition) is 6. The standard InChI is InChI=1S/C24H27F2N7O.2C2HF3O2/c1-13-9-10-18-14(11-13)21(31-19-7-2-3-8-20(19)32-24(27)28)33-22(30-18)23(34)29-12-15-16(25)5-4-6-17(15)26;2*3-2(4,5)1(6)7/h4-6,9-11,19-20H,2-3,7-8,12H2,1H3,(H,29,34)(H4,27,28,32)(H,30,31,33);2*(H,6,7). The Labute approximate surface area is 266 Å². The van der Waals surface area contributed by atoms with Crippen molar-refractivity contribution in [3.63, 3.8) is 0 Å². The van der Waals surface area contributed by atoms with Gasteiger partial charge >= 0.3 is 24.3 Å². The Kier molecular flexibility index (Phi) is 13.4. The fraction of sp³-hybridized carbons (Fsp3) is 0.357. The van der Waals surface area contributed by atoms with E-state index in [1.807, 2.05) is 19.1 Å². The first-order valence-corrected chi connectivity index (χ1v) is 13.7. The first-order valence-electron chi connectivity index (χ1n) is 13.7. The van der Waals surface area contributed by atoms with Crippen LogP contribution in [0.15, 0.2) is 41.4 Å². The van der Waals surface area contributed by atoms with Crippen LogP contribution in [0.3, 0.4) is 0 Å². The summed E-state index contributed by atoms with van der Waals surface area (Å²) in [5.41, 5.74) is 12.6. The monoisotopic (exact) mass is 695 g/mol. The minimum absolute atomic E-state index is 0.0301. The van der Waals surface area contributed by atoms with Crippen LogP contribution in [0.5, 0.6) is 0 Å². The second kappa shape index (κ2) is 16.5. The molecule has 1 aliphatic rings. The molecule has 48 heavy (non-hydrogen) atoms. The molecule has 1 amide bonds. The molecule has 2 atom stereocenters. The number of aryl methyl sites for hydroxylation is 1. The van der Waals surface area contributed by atoms with Crippen molar-refractivity contribution < 1.29 is 59.7 Å². The van der Waals surface area contributed by atoms with Crippen molar-refractivity contribution in [3.8, 4) is 0 Å². The van der Waals surface area contributed by atoms with Gasteiger partial charge in [0, 0.05) is 17.5 Å². The van der Waals surface area contributed by atoms with Crippen LogP contribution in [0, 0.1) is 18.6 Å². The predicted octanol–water partition coefficient (Wildman–Crippen LogP) is 4.41. The maximum Gasteiger partial charge on any atom is 0.490 e. The maximum atomic E-state index is 13.9. The average Bonchev–Trinajstić information content (AvgIpc) is 2.97. The summed E-state index contributed by atoms with van der Waals surface area (Å²) in [7, 11) is 0. The Morgan fingerprint density at radius 1 is 0.917 bits per heavy atom. The summed E-state index contributed by atoms with van der Waals surface area (Å²) >= 11 is 0. The molecule has 2 aromatic carbocycles. The van der Waals surface area contributed by atoms with Gasteiger partial charge in [0.1, 0.15) is 17.5 Å². The number of aliphatic carboxylic acids is 2. The molecule has 4 rings (SSSR count). The first-order chi connectivity index (χ1) is 22.2. The Hall–Kier alpha value is -5.30. The van der Waals surface area contributed by atoms with E-state index in [9.17, 15) is 39.9 Å². The molecule has 2 unspecified atom stereocenters. The van der Waals surface area contributed by atoms with Gasteiger partial charge in [-0.15, -0.1) is 0 Å². The number of anilines is 1. The number of nitrogens with one attached hydrogen (secondary N) is 2. The number of fused-ring (bicyclic) bond motifs is 1. The zero-order valence-electron chi connectivity index (χ0n) is 24.8. The molecular formula is C28H29F8N7O5. The van der Waals surface area contributed by atoms with E-state index >= 15 is 0 Å². The van der Waals surface area contributed by atoms with Crippen LogP contribution in [0.25, 0.3) is 10.9 Å². The van der Waals surface area contributed by atoms with Gasteiger partial charge < -0.3 is 32.3 Å². The number of guanidine groups is 1. The van der Waals surface area contributed by atoms with Gasteiger partial charge in [-0.2, -0.15) is 26.3 Å². The quantitative estimate of drug-likeness (QED) is 0.122. The van der Waals surface area contributed by atoms with E-state index in [2.05, 4.69) is 25.6 Å². The fourth-order valence-electron chi connectivity index (χ4n) is 4.20. The molecule has 0 bridgehead atoms. The van der Waals surface area contributed by atoms with Crippen molar-refractivity contribution in [2.75, 3.05) is 5.32 Å². The molecular weight excluding hydrogens is 666 g/mol. The number of aromatic nitrogens is 2. The molecule has 8 N–H and O–H groups in total. The summed E-state index contributed by atoms with van der Waals surface area (Å²) in [5.74, 6) is -7.22. The lowest BCUT2D eigenvalue weighted by Gasteiger charge is -2.30. The van der Waals surface area contributed by atoms with Gasteiger partial charge in [0.2, 0.25) is 5.82 Å². The van der Waals surface area contributed by atoms with Crippen LogP contribution in [0.1, 0.15) is 47.4 Å². The third-order valence-corrected chi connectivity index (χ3v) is 6.39. The van der Waals surface area contributed by atoms with Gasteiger partial charge in [0.05, 0.1) is 17.6 Å². The normalized spacial score (nSPS) is 15.9. The van der Waals surface area contributed by atoms with Crippen LogP contribution >= 0.6 is 0 Å². The second-order valence-corrected chi connectivity index (χ2v) is 10.1. The number of nitrogens with two attached hydrogens (primary N) is 2. The van der Waals surface area contributed by atoms with Crippen LogP contribution < -0.4 is 22.1 Å². The molecule has 3 aromatic rings. The molecule has 0 aliphatic heterocycles. The molecule has 0 saturated heterocycles. The number of alkyl halides is 6. The lowest BCUT2D eigenvalue weighted by Crippen LogP contribution is -2.38. The highest BCUT2D eigenvalue weighted by Crippen LogP contribution is 2.28. The Morgan fingerprint density at radius 2 is 1.46 bits per heavy atom. The summed E-state index contributed by atoms with van der Waals surface area (Å²) in [5, 5.41) is 20.9. The van der Waals surface area contributed by atoms with Gasteiger partial charge in [-0.1, -0.05) is 30.5 Å². The average molecular weight is 696 g/mol. The van der Waals surface area contributed by atoms with Crippen molar-refractivity contribution in [3.05, 3.63) is 65.0 Å². The lowest BCUT2D eigenvalue weighted by molar-refractivity contribution is -0.193. The van der Waals surface area contributed by atoms with Crippen LogP contribution in [-0.4, -0.2) is 68.4 Å². The highest BCUT2D eigenvalue weighted by atomic mass is 19.4. The molecule has 20 heteroatoms. The van der Waals surface area contributed by atoms with Crippen molar-refractivity contribution in [2.45, 2.75) is 63.6 Å². The molecule has 0 radical (unpaired) electrons. The van der Waals surface area contributed by atoms with E-state index in [0.29, 0.717) is 11.3 Å². The Morgan fingerprint density at radius 3 is 1.98 bits per heavy atom. The number of benzene rings is 2.